The molecule has 0 saturated carbocycles. The van der Waals surface area contributed by atoms with Gasteiger partial charge in [0.25, 0.3) is 0 Å². The van der Waals surface area contributed by atoms with Gasteiger partial charge < -0.3 is 15.3 Å². The smallest absolute Gasteiger partial charge is 0.870 e. The molecule has 55 heavy (non-hydrogen) atoms. The topological polar surface area (TPSA) is 226 Å². The zero-order chi connectivity index (χ0) is 36.9. The second kappa shape index (κ2) is 17.7. The Bertz CT molecular complexity index is 2200. The Morgan fingerprint density at radius 3 is 1.56 bits per heavy atom. The van der Waals surface area contributed by atoms with Crippen molar-refractivity contribution in [3.05, 3.63) is 93.5 Å². The van der Waals surface area contributed by atoms with E-state index in [-0.39, 0.29) is 83.0 Å². The SMILES string of the molecule is C.CCOC(=O)C1CC2Cc3[nH]ncc3C(C1)N2S(=O)(=O)c1ccc(Cl)cc1.O=C(O)C1CC2Cc3[nH]ncc3C(C1)N2S(=O)(=O)c1ccc(Cl)cc1.[Na+].[OH-]. The molecule has 4 aromatic rings. The molecule has 6 unspecified atom stereocenters. The van der Waals surface area contributed by atoms with Gasteiger partial charge in [-0.15, -0.1) is 0 Å². The number of nitrogens with zero attached hydrogens (tertiary/aromatic N) is 4. The van der Waals surface area contributed by atoms with Crippen LogP contribution in [0.25, 0.3) is 0 Å². The second-order valence-corrected chi connectivity index (χ2v) is 17.9. The maximum absolute atomic E-state index is 13.4. The molecule has 0 aliphatic carbocycles. The first kappa shape index (κ1) is 44.9. The van der Waals surface area contributed by atoms with Gasteiger partial charge in [-0.2, -0.15) is 18.8 Å². The van der Waals surface area contributed by atoms with E-state index in [9.17, 15) is 31.5 Å². The number of benzene rings is 2. The van der Waals surface area contributed by atoms with E-state index in [0.717, 1.165) is 22.5 Å². The molecule has 6 atom stereocenters. The molecule has 2 fully saturated rings. The summed E-state index contributed by atoms with van der Waals surface area (Å²) in [5, 5.41) is 24.4. The zero-order valence-electron chi connectivity index (χ0n) is 29.3. The van der Waals surface area contributed by atoms with Crippen molar-refractivity contribution in [1.82, 2.24) is 29.0 Å². The summed E-state index contributed by atoms with van der Waals surface area (Å²) in [4.78, 5) is 24.2. The molecular weight excluding hydrogens is 806 g/mol. The fourth-order valence-electron chi connectivity index (χ4n) is 8.04. The maximum atomic E-state index is 13.4. The van der Waals surface area contributed by atoms with Crippen molar-refractivity contribution in [3.63, 3.8) is 0 Å². The molecular formula is C35H41Cl2N6NaO9S2. The van der Waals surface area contributed by atoms with E-state index in [2.05, 4.69) is 20.4 Å². The minimum atomic E-state index is -3.77. The molecule has 0 amide bonds. The third-order valence-electron chi connectivity index (χ3n) is 10.3. The van der Waals surface area contributed by atoms with Crippen molar-refractivity contribution in [3.8, 4) is 0 Å². The first-order chi connectivity index (χ1) is 24.8. The van der Waals surface area contributed by atoms with E-state index in [1.54, 1.807) is 35.8 Å². The molecule has 15 nitrogen and oxygen atoms in total. The summed E-state index contributed by atoms with van der Waals surface area (Å²) in [5.74, 6) is -2.03. The van der Waals surface area contributed by atoms with Gasteiger partial charge >= 0.3 is 41.5 Å². The molecule has 20 heteroatoms. The Morgan fingerprint density at radius 1 is 0.764 bits per heavy atom. The van der Waals surface area contributed by atoms with E-state index in [4.69, 9.17) is 27.9 Å². The standard InChI is InChI=1S/C18H20ClN3O4S.C16H16ClN3O4S.CH4.Na.H2O/c1-2-26-18(23)11-7-13-9-16-15(10-20-21-16)17(8-11)22(13)27(24,25)14-5-3-12(19)4-6-14;17-10-1-3-12(4-2-10)25(23,24)20-11-5-9(16(21)22)6-15(20)13-8-18-19-14(13)7-11;;;/h3-6,10-11,13,17H,2,7-9H2,1H3,(H,20,21);1-4,8-9,11,15H,5-7H2,(H,18,19)(H,21,22);1H4;;1H2/q;;;+1;/p-1. The van der Waals surface area contributed by atoms with E-state index in [1.807, 2.05) is 0 Å². The number of aromatic nitrogens is 4. The number of carboxylic acids is 1. The van der Waals surface area contributed by atoms with Gasteiger partial charge in [0.2, 0.25) is 20.0 Å². The summed E-state index contributed by atoms with van der Waals surface area (Å²) >= 11 is 11.8. The monoisotopic (exact) mass is 846 g/mol. The number of carbonyl (C=O) groups excluding carboxylic acids is 1. The van der Waals surface area contributed by atoms with Crippen molar-refractivity contribution in [2.45, 2.75) is 86.8 Å². The first-order valence-electron chi connectivity index (χ1n) is 16.8. The van der Waals surface area contributed by atoms with Crippen molar-refractivity contribution < 1.29 is 71.3 Å². The number of rotatable bonds is 7. The van der Waals surface area contributed by atoms with Crippen LogP contribution in [0.4, 0.5) is 0 Å². The van der Waals surface area contributed by atoms with Crippen LogP contribution in [0.2, 0.25) is 10.0 Å². The van der Waals surface area contributed by atoms with Crippen LogP contribution in [0.1, 0.15) is 74.6 Å². The number of aromatic amines is 2. The molecule has 8 rings (SSSR count). The van der Waals surface area contributed by atoms with Gasteiger partial charge in [-0.3, -0.25) is 19.8 Å². The quantitative estimate of drug-likeness (QED) is 0.181. The van der Waals surface area contributed by atoms with Crippen molar-refractivity contribution in [1.29, 1.82) is 0 Å². The maximum Gasteiger partial charge on any atom is 1.00 e. The summed E-state index contributed by atoms with van der Waals surface area (Å²) in [6.45, 7) is 2.08. The number of fused-ring (bicyclic) bond motifs is 8. The number of esters is 1. The molecule has 0 radical (unpaired) electrons. The molecule has 2 aromatic carbocycles. The Hall–Kier alpha value is -2.84. The van der Waals surface area contributed by atoms with Gasteiger partial charge in [-0.1, -0.05) is 30.6 Å². The molecule has 6 heterocycles. The number of ether oxygens (including phenoxy) is 1. The van der Waals surface area contributed by atoms with Crippen LogP contribution in [0.3, 0.4) is 0 Å². The molecule has 4 aliphatic heterocycles. The number of piperidine rings is 2. The summed E-state index contributed by atoms with van der Waals surface area (Å²) < 4.78 is 61.4. The van der Waals surface area contributed by atoms with Crippen LogP contribution in [-0.4, -0.2) is 87.1 Å². The van der Waals surface area contributed by atoms with Gasteiger partial charge in [0, 0.05) is 57.5 Å². The fourth-order valence-corrected chi connectivity index (χ4v) is 11.9. The number of nitrogens with one attached hydrogen (secondary N) is 2. The normalized spacial score (nSPS) is 24.2. The molecule has 4 aliphatic rings. The van der Waals surface area contributed by atoms with Gasteiger partial charge in [-0.25, -0.2) is 16.8 Å². The number of carboxylic acid groups (broad SMARTS) is 1. The third kappa shape index (κ3) is 8.56. The van der Waals surface area contributed by atoms with Gasteiger partial charge in [0.15, 0.2) is 0 Å². The molecule has 0 spiro atoms. The van der Waals surface area contributed by atoms with E-state index in [0.29, 0.717) is 42.3 Å². The Morgan fingerprint density at radius 2 is 1.16 bits per heavy atom. The summed E-state index contributed by atoms with van der Waals surface area (Å²) in [5.41, 5.74) is 3.42. The molecule has 4 bridgehead atoms. The molecule has 4 N–H and O–H groups in total. The molecule has 292 valence electrons. The minimum absolute atomic E-state index is 0. The van der Waals surface area contributed by atoms with Gasteiger partial charge in [-0.05, 0) is 81.1 Å². The number of aliphatic carboxylic acids is 1. The first-order valence-corrected chi connectivity index (χ1v) is 20.4. The Balaban J connectivity index is 0.000000233. The molecule has 2 aromatic heterocycles. The number of sulfonamides is 2. The largest absolute Gasteiger partial charge is 1.00 e. The van der Waals surface area contributed by atoms with E-state index >= 15 is 0 Å². The van der Waals surface area contributed by atoms with Crippen molar-refractivity contribution in [2.24, 2.45) is 11.8 Å². The third-order valence-corrected chi connectivity index (χ3v) is 14.8. The Labute approximate surface area is 351 Å². The van der Waals surface area contributed by atoms with Gasteiger partial charge in [0.05, 0.1) is 52.7 Å². The van der Waals surface area contributed by atoms with Crippen LogP contribution in [0.15, 0.2) is 70.7 Å². The number of halogens is 2. The zero-order valence-corrected chi connectivity index (χ0v) is 34.4. The number of hydrogen-bond acceptors (Lipinski definition) is 10. The fraction of sp³-hybridized carbons (Fsp3) is 0.429. The summed E-state index contributed by atoms with van der Waals surface area (Å²) in [7, 11) is -7.51. The number of H-pyrrole nitrogens is 2. The number of hydrogen-bond donors (Lipinski definition) is 3. The average molecular weight is 848 g/mol. The van der Waals surface area contributed by atoms with Gasteiger partial charge in [0.1, 0.15) is 0 Å². The van der Waals surface area contributed by atoms with Crippen LogP contribution in [-0.2, 0) is 47.2 Å². The molecule has 2 saturated heterocycles. The van der Waals surface area contributed by atoms with Crippen LogP contribution < -0.4 is 29.6 Å². The van der Waals surface area contributed by atoms with Crippen LogP contribution >= 0.6 is 23.2 Å². The Kier molecular flexibility index (Phi) is 14.5. The second-order valence-electron chi connectivity index (χ2n) is 13.4. The number of carbonyl (C=O) groups is 2. The van der Waals surface area contributed by atoms with Crippen LogP contribution in [0.5, 0.6) is 0 Å². The average Bonchev–Trinajstić information content (AvgIpc) is 3.78. The van der Waals surface area contributed by atoms with Crippen LogP contribution in [0, 0.1) is 11.8 Å². The van der Waals surface area contributed by atoms with E-state index < -0.39 is 50.1 Å². The summed E-state index contributed by atoms with van der Waals surface area (Å²) in [6.07, 6.45) is 5.54. The predicted molar refractivity (Wildman–Crippen MR) is 197 cm³/mol. The predicted octanol–water partition coefficient (Wildman–Crippen LogP) is 2.37. The van der Waals surface area contributed by atoms with E-state index in [1.165, 1.54) is 40.7 Å². The van der Waals surface area contributed by atoms with Crippen molar-refractivity contribution >= 4 is 55.2 Å². The minimum Gasteiger partial charge on any atom is -0.870 e. The summed E-state index contributed by atoms with van der Waals surface area (Å²) in [6, 6.07) is 10.5. The van der Waals surface area contributed by atoms with Crippen molar-refractivity contribution in [2.75, 3.05) is 6.61 Å².